The molecule has 0 saturated carbocycles. The lowest BCUT2D eigenvalue weighted by Gasteiger charge is -2.23. The predicted molar refractivity (Wildman–Crippen MR) is 102 cm³/mol. The van der Waals surface area contributed by atoms with E-state index in [4.69, 9.17) is 9.47 Å². The van der Waals surface area contributed by atoms with Crippen molar-refractivity contribution in [1.82, 2.24) is 0 Å². The molecule has 4 nitrogen and oxygen atoms in total. The highest BCUT2D eigenvalue weighted by Crippen LogP contribution is 2.28. The first-order chi connectivity index (χ1) is 12.2. The number of carbonyl (C=O) groups is 1. The Morgan fingerprint density at radius 1 is 1.00 bits per heavy atom. The van der Waals surface area contributed by atoms with E-state index in [0.29, 0.717) is 24.3 Å². The van der Waals surface area contributed by atoms with Gasteiger partial charge >= 0.3 is 0 Å². The second-order valence-electron chi connectivity index (χ2n) is 5.92. The topological polar surface area (TPSA) is 38.8 Å². The van der Waals surface area contributed by atoms with Gasteiger partial charge in [0.25, 0.3) is 0 Å². The van der Waals surface area contributed by atoms with Crippen LogP contribution in [0, 0.1) is 0 Å². The molecule has 2 aromatic carbocycles. The first-order valence-electron chi connectivity index (χ1n) is 8.76. The maximum Gasteiger partial charge on any atom is 0.227 e. The van der Waals surface area contributed by atoms with E-state index in [1.54, 1.807) is 14.2 Å². The maximum atomic E-state index is 12.8. The van der Waals surface area contributed by atoms with E-state index in [9.17, 15) is 4.79 Å². The molecule has 134 valence electrons. The summed E-state index contributed by atoms with van der Waals surface area (Å²) in [5.74, 6) is 1.54. The first kappa shape index (κ1) is 18.8. The summed E-state index contributed by atoms with van der Waals surface area (Å²) < 4.78 is 10.6. The van der Waals surface area contributed by atoms with Gasteiger partial charge in [0.05, 0.1) is 14.2 Å². The molecule has 0 aliphatic carbocycles. The summed E-state index contributed by atoms with van der Waals surface area (Å²) in [4.78, 5) is 14.7. The molecule has 0 aliphatic rings. The van der Waals surface area contributed by atoms with Crippen molar-refractivity contribution in [2.75, 3.05) is 25.7 Å². The molecule has 1 amide bonds. The number of nitrogens with zero attached hydrogens (tertiary/aromatic N) is 1. The Hall–Kier alpha value is -2.49. The lowest BCUT2D eigenvalue weighted by atomic mass is 10.1. The van der Waals surface area contributed by atoms with Crippen molar-refractivity contribution in [3.63, 3.8) is 0 Å². The average molecular weight is 341 g/mol. The summed E-state index contributed by atoms with van der Waals surface area (Å²) in [7, 11) is 3.24. The largest absolute Gasteiger partial charge is 0.493 e. The van der Waals surface area contributed by atoms with Crippen LogP contribution in [0.25, 0.3) is 0 Å². The van der Waals surface area contributed by atoms with Crippen molar-refractivity contribution in [2.24, 2.45) is 0 Å². The summed E-state index contributed by atoms with van der Waals surface area (Å²) in [6.07, 6.45) is 3.20. The van der Waals surface area contributed by atoms with Gasteiger partial charge in [-0.2, -0.15) is 0 Å². The third-order valence-electron chi connectivity index (χ3n) is 4.18. The van der Waals surface area contributed by atoms with E-state index >= 15 is 0 Å². The van der Waals surface area contributed by atoms with Gasteiger partial charge < -0.3 is 14.4 Å². The van der Waals surface area contributed by atoms with Crippen LogP contribution < -0.4 is 14.4 Å². The third-order valence-corrected chi connectivity index (χ3v) is 4.18. The van der Waals surface area contributed by atoms with Crippen LogP contribution in [0.3, 0.4) is 0 Å². The van der Waals surface area contributed by atoms with Crippen LogP contribution >= 0.6 is 0 Å². The number of unbranched alkanes of at least 4 members (excludes halogenated alkanes) is 1. The Kier molecular flexibility index (Phi) is 7.33. The van der Waals surface area contributed by atoms with Crippen LogP contribution in [0.2, 0.25) is 0 Å². The van der Waals surface area contributed by atoms with Gasteiger partial charge in [0.1, 0.15) is 0 Å². The van der Waals surface area contributed by atoms with Crippen molar-refractivity contribution < 1.29 is 14.3 Å². The van der Waals surface area contributed by atoms with Crippen LogP contribution in [-0.4, -0.2) is 26.7 Å². The summed E-state index contributed by atoms with van der Waals surface area (Å²) in [5, 5.41) is 0. The molecular formula is C21H27NO3. The van der Waals surface area contributed by atoms with Crippen LogP contribution in [0.15, 0.2) is 48.5 Å². The van der Waals surface area contributed by atoms with E-state index in [2.05, 4.69) is 6.92 Å². The minimum atomic E-state index is 0.148. The number of para-hydroxylation sites is 1. The number of rotatable bonds is 9. The Balaban J connectivity index is 2.05. The smallest absolute Gasteiger partial charge is 0.227 e. The number of anilines is 1. The molecule has 0 bridgehead atoms. The van der Waals surface area contributed by atoms with Crippen LogP contribution in [0.4, 0.5) is 5.69 Å². The van der Waals surface area contributed by atoms with Gasteiger partial charge in [-0.3, -0.25) is 4.79 Å². The second-order valence-corrected chi connectivity index (χ2v) is 5.92. The Labute approximate surface area is 150 Å². The van der Waals surface area contributed by atoms with Crippen LogP contribution in [0.5, 0.6) is 11.5 Å². The van der Waals surface area contributed by atoms with E-state index in [1.807, 2.05) is 53.4 Å². The number of ether oxygens (including phenoxy) is 2. The molecule has 0 N–H and O–H groups in total. The molecule has 0 radical (unpaired) electrons. The van der Waals surface area contributed by atoms with E-state index in [1.165, 1.54) is 0 Å². The minimum Gasteiger partial charge on any atom is -0.493 e. The number of amides is 1. The van der Waals surface area contributed by atoms with Gasteiger partial charge in [-0.25, -0.2) is 0 Å². The number of aryl methyl sites for hydroxylation is 1. The Morgan fingerprint density at radius 3 is 2.36 bits per heavy atom. The fraction of sp³-hybridized carbons (Fsp3) is 0.381. The SMILES string of the molecule is CCCCN(C(=O)CCc1ccc(OC)c(OC)c1)c1ccccc1. The fourth-order valence-corrected chi connectivity index (χ4v) is 2.74. The van der Waals surface area contributed by atoms with Crippen molar-refractivity contribution in [2.45, 2.75) is 32.6 Å². The van der Waals surface area contributed by atoms with Gasteiger partial charge in [-0.1, -0.05) is 37.6 Å². The predicted octanol–water partition coefficient (Wildman–Crippen LogP) is 4.47. The number of hydrogen-bond acceptors (Lipinski definition) is 3. The van der Waals surface area contributed by atoms with Crippen LogP contribution in [0.1, 0.15) is 31.7 Å². The molecule has 0 fully saturated rings. The highest BCUT2D eigenvalue weighted by atomic mass is 16.5. The monoisotopic (exact) mass is 341 g/mol. The molecule has 25 heavy (non-hydrogen) atoms. The standard InChI is InChI=1S/C21H27NO3/c1-4-5-15-22(18-9-7-6-8-10-18)21(23)14-12-17-11-13-19(24-2)20(16-17)25-3/h6-11,13,16H,4-5,12,14-15H2,1-3H3. The van der Waals surface area contributed by atoms with Crippen molar-refractivity contribution in [3.05, 3.63) is 54.1 Å². The normalized spacial score (nSPS) is 10.4. The highest BCUT2D eigenvalue weighted by molar-refractivity contribution is 5.93. The van der Waals surface area contributed by atoms with Crippen molar-refractivity contribution in [1.29, 1.82) is 0 Å². The maximum absolute atomic E-state index is 12.8. The molecule has 0 spiro atoms. The summed E-state index contributed by atoms with van der Waals surface area (Å²) in [6.45, 7) is 2.89. The molecule has 0 aliphatic heterocycles. The molecule has 2 aromatic rings. The van der Waals surface area contributed by atoms with E-state index in [-0.39, 0.29) is 5.91 Å². The van der Waals surface area contributed by atoms with Gasteiger partial charge in [0.2, 0.25) is 5.91 Å². The quantitative estimate of drug-likeness (QED) is 0.675. The second kappa shape index (κ2) is 9.72. The highest BCUT2D eigenvalue weighted by Gasteiger charge is 2.15. The average Bonchev–Trinajstić information content (AvgIpc) is 2.67. The Bertz CT molecular complexity index is 670. The van der Waals surface area contributed by atoms with Gasteiger partial charge in [-0.05, 0) is 42.7 Å². The fourth-order valence-electron chi connectivity index (χ4n) is 2.74. The van der Waals surface area contributed by atoms with Gasteiger partial charge in [0.15, 0.2) is 11.5 Å². The first-order valence-corrected chi connectivity index (χ1v) is 8.76. The molecule has 0 heterocycles. The minimum absolute atomic E-state index is 0.148. The zero-order valence-electron chi connectivity index (χ0n) is 15.3. The lowest BCUT2D eigenvalue weighted by Crippen LogP contribution is -2.32. The van der Waals surface area contributed by atoms with Gasteiger partial charge in [-0.15, -0.1) is 0 Å². The molecule has 0 aromatic heterocycles. The molecule has 0 unspecified atom stereocenters. The number of hydrogen-bond donors (Lipinski definition) is 0. The number of methoxy groups -OCH3 is 2. The molecule has 2 rings (SSSR count). The zero-order valence-corrected chi connectivity index (χ0v) is 15.3. The molecule has 0 atom stereocenters. The van der Waals surface area contributed by atoms with Crippen LogP contribution in [-0.2, 0) is 11.2 Å². The van der Waals surface area contributed by atoms with E-state index in [0.717, 1.165) is 30.6 Å². The van der Waals surface area contributed by atoms with E-state index < -0.39 is 0 Å². The number of carbonyl (C=O) groups excluding carboxylic acids is 1. The lowest BCUT2D eigenvalue weighted by molar-refractivity contribution is -0.118. The molecular weight excluding hydrogens is 314 g/mol. The Morgan fingerprint density at radius 2 is 1.72 bits per heavy atom. The number of benzene rings is 2. The van der Waals surface area contributed by atoms with Crippen molar-refractivity contribution in [3.8, 4) is 11.5 Å². The van der Waals surface area contributed by atoms with Crippen molar-refractivity contribution >= 4 is 11.6 Å². The summed E-state index contributed by atoms with van der Waals surface area (Å²) >= 11 is 0. The zero-order chi connectivity index (χ0) is 18.1. The summed E-state index contributed by atoms with van der Waals surface area (Å²) in [5.41, 5.74) is 2.03. The molecule has 0 saturated heterocycles. The summed E-state index contributed by atoms with van der Waals surface area (Å²) in [6, 6.07) is 15.7. The molecule has 4 heteroatoms. The third kappa shape index (κ3) is 5.24. The van der Waals surface area contributed by atoms with Gasteiger partial charge in [0, 0.05) is 18.7 Å².